The largest absolute Gasteiger partial charge is 0.298 e. The van der Waals surface area contributed by atoms with Crippen molar-refractivity contribution in [2.24, 2.45) is 0 Å². The highest BCUT2D eigenvalue weighted by Crippen LogP contribution is 2.23. The Morgan fingerprint density at radius 3 is 2.50 bits per heavy atom. The monoisotopic (exact) mass is 396 g/mol. The van der Waals surface area contributed by atoms with Gasteiger partial charge in [-0.15, -0.1) is 0 Å². The van der Waals surface area contributed by atoms with Crippen LogP contribution in [0.3, 0.4) is 0 Å². The molecule has 0 radical (unpaired) electrons. The summed E-state index contributed by atoms with van der Waals surface area (Å²) in [4.78, 5) is 17.3. The van der Waals surface area contributed by atoms with E-state index >= 15 is 0 Å². The Hall–Kier alpha value is -2.97. The molecule has 0 spiro atoms. The number of nitrogens with one attached hydrogen (secondary N) is 3. The zero-order chi connectivity index (χ0) is 19.7. The van der Waals surface area contributed by atoms with Crippen LogP contribution in [0.25, 0.3) is 10.9 Å². The predicted octanol–water partition coefficient (Wildman–Crippen LogP) is 2.74. The number of hydrogen-bond acceptors (Lipinski definition) is 5. The van der Waals surface area contributed by atoms with Gasteiger partial charge in [0.2, 0.25) is 10.0 Å². The van der Waals surface area contributed by atoms with E-state index in [9.17, 15) is 13.2 Å². The molecule has 1 aliphatic rings. The van der Waals surface area contributed by atoms with Crippen LogP contribution in [0.15, 0.2) is 59.5 Å². The molecule has 7 nitrogen and oxygen atoms in total. The first-order chi connectivity index (χ1) is 13.4. The van der Waals surface area contributed by atoms with Crippen LogP contribution in [-0.2, 0) is 10.0 Å². The van der Waals surface area contributed by atoms with E-state index in [0.29, 0.717) is 11.3 Å². The third-order valence-electron chi connectivity index (χ3n) is 4.47. The molecule has 144 valence electrons. The third kappa shape index (κ3) is 3.97. The van der Waals surface area contributed by atoms with E-state index in [1.165, 1.54) is 12.1 Å². The molecule has 0 saturated heterocycles. The number of para-hydroxylation sites is 1. The molecule has 1 fully saturated rings. The molecule has 1 aliphatic carbocycles. The molecule has 3 N–H and O–H groups in total. The smallest absolute Gasteiger partial charge is 0.270 e. The first-order valence-electron chi connectivity index (χ1n) is 8.97. The number of hydrazine groups is 1. The molecule has 0 unspecified atom stereocenters. The number of nitrogens with zero attached hydrogens (tertiary/aromatic N) is 1. The summed E-state index contributed by atoms with van der Waals surface area (Å²) < 4.78 is 27.0. The average Bonchev–Trinajstić information content (AvgIpc) is 3.49. The zero-order valence-electron chi connectivity index (χ0n) is 15.3. The third-order valence-corrected chi connectivity index (χ3v) is 6.01. The van der Waals surface area contributed by atoms with E-state index < -0.39 is 10.0 Å². The molecule has 0 bridgehead atoms. The van der Waals surface area contributed by atoms with E-state index in [2.05, 4.69) is 20.6 Å². The minimum Gasteiger partial charge on any atom is -0.298 e. The van der Waals surface area contributed by atoms with E-state index in [1.54, 1.807) is 18.2 Å². The Balaban J connectivity index is 1.47. The molecule has 28 heavy (non-hydrogen) atoms. The van der Waals surface area contributed by atoms with Crippen LogP contribution in [0.1, 0.15) is 28.9 Å². The van der Waals surface area contributed by atoms with Gasteiger partial charge in [0.25, 0.3) is 5.91 Å². The van der Waals surface area contributed by atoms with Gasteiger partial charge in [0.05, 0.1) is 21.7 Å². The topological polar surface area (TPSA) is 100 Å². The highest BCUT2D eigenvalue weighted by Gasteiger charge is 2.27. The van der Waals surface area contributed by atoms with Crippen LogP contribution in [-0.4, -0.2) is 25.4 Å². The van der Waals surface area contributed by atoms with Gasteiger partial charge in [-0.1, -0.05) is 18.2 Å². The second-order valence-corrected chi connectivity index (χ2v) is 8.54. The highest BCUT2D eigenvalue weighted by atomic mass is 32.2. The highest BCUT2D eigenvalue weighted by molar-refractivity contribution is 7.89. The number of anilines is 1. The maximum absolute atomic E-state index is 12.6. The number of aryl methyl sites for hydroxylation is 1. The lowest BCUT2D eigenvalue weighted by Crippen LogP contribution is -2.29. The van der Waals surface area contributed by atoms with Crippen molar-refractivity contribution in [3.8, 4) is 0 Å². The van der Waals surface area contributed by atoms with Crippen LogP contribution < -0.4 is 15.6 Å². The number of fused-ring (bicyclic) bond motifs is 1. The van der Waals surface area contributed by atoms with E-state index in [-0.39, 0.29) is 16.8 Å². The Kier molecular flexibility index (Phi) is 4.74. The van der Waals surface area contributed by atoms with Crippen LogP contribution in [0.4, 0.5) is 5.69 Å². The van der Waals surface area contributed by atoms with Gasteiger partial charge in [-0.05, 0) is 56.2 Å². The van der Waals surface area contributed by atoms with Crippen molar-refractivity contribution in [1.29, 1.82) is 0 Å². The van der Waals surface area contributed by atoms with Crippen LogP contribution >= 0.6 is 0 Å². The zero-order valence-corrected chi connectivity index (χ0v) is 16.1. The molecule has 1 heterocycles. The summed E-state index contributed by atoms with van der Waals surface area (Å²) in [6, 6.07) is 15.5. The van der Waals surface area contributed by atoms with Crippen molar-refractivity contribution in [3.05, 3.63) is 65.9 Å². The molecule has 1 saturated carbocycles. The summed E-state index contributed by atoms with van der Waals surface area (Å²) >= 11 is 0. The van der Waals surface area contributed by atoms with Crippen LogP contribution in [0, 0.1) is 6.92 Å². The first kappa shape index (κ1) is 18.4. The van der Waals surface area contributed by atoms with Crippen molar-refractivity contribution < 1.29 is 13.2 Å². The molecular formula is C20H20N4O3S. The summed E-state index contributed by atoms with van der Waals surface area (Å²) in [6.45, 7) is 1.84. The number of aromatic nitrogens is 1. The van der Waals surface area contributed by atoms with Gasteiger partial charge in [0.1, 0.15) is 0 Å². The number of pyridine rings is 1. The fraction of sp³-hybridized carbons (Fsp3) is 0.200. The lowest BCUT2D eigenvalue weighted by molar-refractivity contribution is 0.0964. The molecule has 8 heteroatoms. The lowest BCUT2D eigenvalue weighted by atomic mass is 10.1. The van der Waals surface area contributed by atoms with Gasteiger partial charge < -0.3 is 0 Å². The van der Waals surface area contributed by atoms with Gasteiger partial charge in [-0.25, -0.2) is 13.1 Å². The van der Waals surface area contributed by atoms with Crippen molar-refractivity contribution in [2.45, 2.75) is 30.7 Å². The fourth-order valence-corrected chi connectivity index (χ4v) is 4.20. The standard InChI is InChI=1S/C20H20N4O3S/c1-13-12-18(17-4-2-3-5-19(17)21-13)20(25)23-22-14-8-10-16(11-9-14)28(26,27)24-15-6-7-15/h2-5,8-12,15,22,24H,6-7H2,1H3,(H,23,25). The minimum absolute atomic E-state index is 0.0562. The predicted molar refractivity (Wildman–Crippen MR) is 107 cm³/mol. The number of hydrogen-bond donors (Lipinski definition) is 3. The molecule has 2 aromatic carbocycles. The lowest BCUT2D eigenvalue weighted by Gasteiger charge is -2.12. The van der Waals surface area contributed by atoms with E-state index in [1.807, 2.05) is 31.2 Å². The molecule has 3 aromatic rings. The maximum Gasteiger partial charge on any atom is 0.270 e. The van der Waals surface area contributed by atoms with Crippen molar-refractivity contribution >= 4 is 32.5 Å². The molecule has 1 amide bonds. The van der Waals surface area contributed by atoms with Gasteiger partial charge in [-0.2, -0.15) is 0 Å². The SMILES string of the molecule is Cc1cc(C(=O)NNc2ccc(S(=O)(=O)NC3CC3)cc2)c2ccccc2n1. The summed E-state index contributed by atoms with van der Waals surface area (Å²) in [6.07, 6.45) is 1.77. The van der Waals surface area contributed by atoms with Gasteiger partial charge in [0, 0.05) is 17.1 Å². The second kappa shape index (κ2) is 7.21. The van der Waals surface area contributed by atoms with Crippen molar-refractivity contribution in [1.82, 2.24) is 15.1 Å². The van der Waals surface area contributed by atoms with Crippen molar-refractivity contribution in [2.75, 3.05) is 5.43 Å². The number of carbonyl (C=O) groups excluding carboxylic acids is 1. The van der Waals surface area contributed by atoms with Gasteiger partial charge in [-0.3, -0.25) is 20.6 Å². The molecule has 1 aromatic heterocycles. The maximum atomic E-state index is 12.6. The summed E-state index contributed by atoms with van der Waals surface area (Å²) in [5.74, 6) is -0.297. The number of rotatable bonds is 6. The van der Waals surface area contributed by atoms with Gasteiger partial charge >= 0.3 is 0 Å². The van der Waals surface area contributed by atoms with Crippen molar-refractivity contribution in [3.63, 3.8) is 0 Å². The number of benzene rings is 2. The average molecular weight is 396 g/mol. The molecule has 0 atom stereocenters. The Labute approximate surface area is 163 Å². The molecular weight excluding hydrogens is 376 g/mol. The number of amides is 1. The van der Waals surface area contributed by atoms with E-state index in [4.69, 9.17) is 0 Å². The molecule has 4 rings (SSSR count). The van der Waals surface area contributed by atoms with Gasteiger partial charge in [0.15, 0.2) is 0 Å². The Morgan fingerprint density at radius 2 is 1.79 bits per heavy atom. The Bertz CT molecular complexity index is 1140. The van der Waals surface area contributed by atoms with E-state index in [0.717, 1.165) is 29.4 Å². The fourth-order valence-electron chi connectivity index (χ4n) is 2.90. The number of carbonyl (C=O) groups is 1. The number of sulfonamides is 1. The normalized spacial score (nSPS) is 14.0. The first-order valence-corrected chi connectivity index (χ1v) is 10.5. The summed E-state index contributed by atoms with van der Waals surface area (Å²) in [5.41, 5.74) is 8.08. The summed E-state index contributed by atoms with van der Waals surface area (Å²) in [7, 11) is -3.49. The summed E-state index contributed by atoms with van der Waals surface area (Å²) in [5, 5.41) is 0.764. The Morgan fingerprint density at radius 1 is 1.07 bits per heavy atom. The molecule has 0 aliphatic heterocycles. The van der Waals surface area contributed by atoms with Crippen LogP contribution in [0.2, 0.25) is 0 Å². The quantitative estimate of drug-likeness (QED) is 0.556. The van der Waals surface area contributed by atoms with Crippen LogP contribution in [0.5, 0.6) is 0 Å². The second-order valence-electron chi connectivity index (χ2n) is 6.83. The minimum atomic E-state index is -3.49.